The molecule has 0 aromatic rings. The average Bonchev–Trinajstić information content (AvgIpc) is 2.55. The van der Waals surface area contributed by atoms with Crippen molar-refractivity contribution < 1.29 is 10.2 Å². The van der Waals surface area contributed by atoms with Crippen LogP contribution in [0.4, 0.5) is 0 Å². The molecule has 72 valence electrons. The Hall–Kier alpha value is -0.340. The van der Waals surface area contributed by atoms with Crippen molar-refractivity contribution in [2.24, 2.45) is 23.7 Å². The maximum absolute atomic E-state index is 10.2. The van der Waals surface area contributed by atoms with E-state index >= 15 is 0 Å². The summed E-state index contributed by atoms with van der Waals surface area (Å²) in [5, 5.41) is 20.0. The van der Waals surface area contributed by atoms with Gasteiger partial charge in [-0.05, 0) is 37.5 Å². The van der Waals surface area contributed by atoms with Crippen LogP contribution in [-0.4, -0.2) is 21.9 Å². The van der Waals surface area contributed by atoms with Crippen molar-refractivity contribution in [1.29, 1.82) is 0 Å². The third kappa shape index (κ3) is 0.856. The highest BCUT2D eigenvalue weighted by Crippen LogP contribution is 2.58. The Morgan fingerprint density at radius 3 is 2.77 bits per heavy atom. The van der Waals surface area contributed by atoms with E-state index < -0.39 is 5.60 Å². The molecular weight excluding hydrogens is 164 g/mol. The van der Waals surface area contributed by atoms with Crippen molar-refractivity contribution in [3.63, 3.8) is 0 Å². The first-order valence-corrected chi connectivity index (χ1v) is 5.18. The van der Waals surface area contributed by atoms with E-state index in [1.165, 1.54) is 0 Å². The minimum Gasteiger partial charge on any atom is -0.393 e. The van der Waals surface area contributed by atoms with Gasteiger partial charge < -0.3 is 10.2 Å². The summed E-state index contributed by atoms with van der Waals surface area (Å²) in [5.41, 5.74) is -0.631. The molecule has 0 aromatic heterocycles. The fraction of sp³-hybridized carbons (Fsp3) is 0.818. The number of allylic oxidation sites excluding steroid dienone is 2. The van der Waals surface area contributed by atoms with Crippen LogP contribution in [0.15, 0.2) is 12.2 Å². The second kappa shape index (κ2) is 2.18. The summed E-state index contributed by atoms with van der Waals surface area (Å²) >= 11 is 0. The molecule has 3 rings (SSSR count). The molecule has 2 N–H and O–H groups in total. The van der Waals surface area contributed by atoms with Gasteiger partial charge in [-0.25, -0.2) is 0 Å². The summed E-state index contributed by atoms with van der Waals surface area (Å²) < 4.78 is 0. The van der Waals surface area contributed by atoms with Gasteiger partial charge >= 0.3 is 0 Å². The van der Waals surface area contributed by atoms with Gasteiger partial charge in [0.2, 0.25) is 0 Å². The monoisotopic (exact) mass is 180 g/mol. The molecule has 2 nitrogen and oxygen atoms in total. The first kappa shape index (κ1) is 8.01. The van der Waals surface area contributed by atoms with E-state index in [1.807, 2.05) is 6.92 Å². The predicted molar refractivity (Wildman–Crippen MR) is 49.0 cm³/mol. The fourth-order valence-electron chi connectivity index (χ4n) is 3.96. The molecule has 3 aliphatic rings. The largest absolute Gasteiger partial charge is 0.393 e. The Kier molecular flexibility index (Phi) is 1.34. The van der Waals surface area contributed by atoms with Gasteiger partial charge in [-0.2, -0.15) is 0 Å². The number of aliphatic hydroxyl groups is 2. The molecule has 0 heterocycles. The van der Waals surface area contributed by atoms with Crippen molar-refractivity contribution in [3.8, 4) is 0 Å². The highest BCUT2D eigenvalue weighted by molar-refractivity contribution is 5.21. The van der Waals surface area contributed by atoms with E-state index in [0.717, 1.165) is 12.8 Å². The lowest BCUT2D eigenvalue weighted by Crippen LogP contribution is -2.36. The van der Waals surface area contributed by atoms with E-state index in [9.17, 15) is 10.2 Å². The fourth-order valence-corrected chi connectivity index (χ4v) is 3.96. The molecule has 2 fully saturated rings. The molecule has 0 spiro atoms. The van der Waals surface area contributed by atoms with Crippen LogP contribution in [0.5, 0.6) is 0 Å². The first-order valence-electron chi connectivity index (χ1n) is 5.18. The lowest BCUT2D eigenvalue weighted by Gasteiger charge is -2.27. The Labute approximate surface area is 78.3 Å². The Bertz CT molecular complexity index is 269. The molecule has 0 radical (unpaired) electrons. The maximum atomic E-state index is 10.2. The quantitative estimate of drug-likeness (QED) is 0.545. The van der Waals surface area contributed by atoms with Crippen LogP contribution >= 0.6 is 0 Å². The summed E-state index contributed by atoms with van der Waals surface area (Å²) in [4.78, 5) is 0. The van der Waals surface area contributed by atoms with Crippen LogP contribution in [0, 0.1) is 23.7 Å². The molecule has 6 atom stereocenters. The zero-order valence-electron chi connectivity index (χ0n) is 7.85. The average molecular weight is 180 g/mol. The summed E-state index contributed by atoms with van der Waals surface area (Å²) in [5.74, 6) is 1.73. The van der Waals surface area contributed by atoms with Gasteiger partial charge in [0.25, 0.3) is 0 Å². The molecule has 0 bridgehead atoms. The Morgan fingerprint density at radius 2 is 2.00 bits per heavy atom. The third-order valence-electron chi connectivity index (χ3n) is 4.30. The van der Waals surface area contributed by atoms with Gasteiger partial charge in [-0.3, -0.25) is 0 Å². The third-order valence-corrected chi connectivity index (χ3v) is 4.30. The molecular formula is C11H16O2. The lowest BCUT2D eigenvalue weighted by atomic mass is 9.86. The van der Waals surface area contributed by atoms with Gasteiger partial charge in [-0.15, -0.1) is 0 Å². The zero-order chi connectivity index (χ0) is 9.22. The van der Waals surface area contributed by atoms with Crippen molar-refractivity contribution in [1.82, 2.24) is 0 Å². The molecule has 0 unspecified atom stereocenters. The molecule has 0 saturated heterocycles. The lowest BCUT2D eigenvalue weighted by molar-refractivity contribution is -0.0338. The minimum absolute atomic E-state index is 0.123. The van der Waals surface area contributed by atoms with Crippen LogP contribution in [0.25, 0.3) is 0 Å². The minimum atomic E-state index is -0.631. The zero-order valence-corrected chi connectivity index (χ0v) is 7.85. The van der Waals surface area contributed by atoms with Crippen LogP contribution in [-0.2, 0) is 0 Å². The van der Waals surface area contributed by atoms with Crippen LogP contribution in [0.1, 0.15) is 19.8 Å². The van der Waals surface area contributed by atoms with Crippen molar-refractivity contribution >= 4 is 0 Å². The van der Waals surface area contributed by atoms with Crippen molar-refractivity contribution in [2.45, 2.75) is 31.5 Å². The van der Waals surface area contributed by atoms with Crippen molar-refractivity contribution in [2.75, 3.05) is 0 Å². The molecule has 0 aliphatic heterocycles. The summed E-state index contributed by atoms with van der Waals surface area (Å²) in [7, 11) is 0. The number of rotatable bonds is 0. The molecule has 2 heteroatoms. The van der Waals surface area contributed by atoms with Crippen LogP contribution in [0.3, 0.4) is 0 Å². The van der Waals surface area contributed by atoms with Gasteiger partial charge in [0.05, 0.1) is 11.7 Å². The second-order valence-electron chi connectivity index (χ2n) is 5.18. The second-order valence-corrected chi connectivity index (χ2v) is 5.18. The van der Waals surface area contributed by atoms with E-state index in [1.54, 1.807) is 0 Å². The van der Waals surface area contributed by atoms with Crippen molar-refractivity contribution in [3.05, 3.63) is 12.2 Å². The standard InChI is InChI=1S/C11H16O2/c1-11(13)5-7-3-2-6-4-8(12)10(11)9(6)7/h2-3,6-10,12-13H,4-5H2,1H3/t6-,7-,8+,9-,10-,11+/m0/s1. The van der Waals surface area contributed by atoms with Gasteiger partial charge in [0.15, 0.2) is 0 Å². The van der Waals surface area contributed by atoms with Gasteiger partial charge in [0.1, 0.15) is 0 Å². The molecule has 2 saturated carbocycles. The maximum Gasteiger partial charge on any atom is 0.0681 e. The number of aliphatic hydroxyl groups excluding tert-OH is 1. The van der Waals surface area contributed by atoms with Crippen LogP contribution in [0.2, 0.25) is 0 Å². The van der Waals surface area contributed by atoms with E-state index in [4.69, 9.17) is 0 Å². The molecule has 13 heavy (non-hydrogen) atoms. The molecule has 0 amide bonds. The van der Waals surface area contributed by atoms with E-state index in [2.05, 4.69) is 12.2 Å². The number of hydrogen-bond donors (Lipinski definition) is 2. The van der Waals surface area contributed by atoms with E-state index in [-0.39, 0.29) is 12.0 Å². The van der Waals surface area contributed by atoms with Gasteiger partial charge in [0, 0.05) is 5.92 Å². The Balaban J connectivity index is 2.03. The highest BCUT2D eigenvalue weighted by Gasteiger charge is 2.59. The highest BCUT2D eigenvalue weighted by atomic mass is 16.3. The van der Waals surface area contributed by atoms with E-state index in [0.29, 0.717) is 17.8 Å². The Morgan fingerprint density at radius 1 is 1.31 bits per heavy atom. The summed E-state index contributed by atoms with van der Waals surface area (Å²) in [6, 6.07) is 0. The topological polar surface area (TPSA) is 40.5 Å². The van der Waals surface area contributed by atoms with Gasteiger partial charge in [-0.1, -0.05) is 12.2 Å². The first-order chi connectivity index (χ1) is 6.09. The number of hydrogen-bond acceptors (Lipinski definition) is 2. The SMILES string of the molecule is C[C@@]1(O)C[C@@H]2C=C[C@H]3C[C@@H](O)[C@H]1[C@@H]32. The molecule has 3 aliphatic carbocycles. The van der Waals surface area contributed by atoms with Crippen LogP contribution < -0.4 is 0 Å². The normalized spacial score (nSPS) is 63.2. The predicted octanol–water partition coefficient (Wildman–Crippen LogP) is 0.940. The molecule has 0 aromatic carbocycles. The smallest absolute Gasteiger partial charge is 0.0681 e. The summed E-state index contributed by atoms with van der Waals surface area (Å²) in [6.45, 7) is 1.88. The summed E-state index contributed by atoms with van der Waals surface area (Å²) in [6.07, 6.45) is 5.91.